The Bertz CT molecular complexity index is 345. The van der Waals surface area contributed by atoms with Gasteiger partial charge in [0.2, 0.25) is 11.8 Å². The zero-order chi connectivity index (χ0) is 14.7. The van der Waals surface area contributed by atoms with Crippen LogP contribution >= 0.6 is 0 Å². The molecule has 1 fully saturated rings. The molecule has 1 heterocycles. The fraction of sp³-hybridized carbons (Fsp3) is 0.857. The number of nitrogens with one attached hydrogen (secondary N) is 1. The molecule has 0 atom stereocenters. The predicted molar refractivity (Wildman–Crippen MR) is 73.7 cm³/mol. The van der Waals surface area contributed by atoms with Gasteiger partial charge in [-0.3, -0.25) is 9.59 Å². The van der Waals surface area contributed by atoms with Crippen molar-refractivity contribution in [1.82, 2.24) is 10.2 Å². The van der Waals surface area contributed by atoms with E-state index >= 15 is 0 Å². The smallest absolute Gasteiger partial charge is 0.225 e. The minimum atomic E-state index is -0.413. The van der Waals surface area contributed by atoms with E-state index in [1.54, 1.807) is 0 Å². The monoisotopic (exact) mass is 270 g/mol. The summed E-state index contributed by atoms with van der Waals surface area (Å²) in [5, 5.41) is 2.80. The van der Waals surface area contributed by atoms with E-state index in [0.717, 1.165) is 0 Å². The molecule has 2 amide bonds. The number of carbonyl (C=O) groups is 2. The van der Waals surface area contributed by atoms with Crippen LogP contribution in [0.4, 0.5) is 0 Å². The molecule has 1 aliphatic heterocycles. The molecule has 110 valence electrons. The largest absolute Gasteiger partial charge is 0.372 e. The molecule has 0 unspecified atom stereocenters. The molecule has 19 heavy (non-hydrogen) atoms. The molecule has 0 aromatic heterocycles. The zero-order valence-corrected chi connectivity index (χ0v) is 12.7. The molecule has 1 aliphatic rings. The molecule has 1 N–H and O–H groups in total. The van der Waals surface area contributed by atoms with Gasteiger partial charge < -0.3 is 15.0 Å². The summed E-state index contributed by atoms with van der Waals surface area (Å²) in [5.74, 6) is 0.0493. The third-order valence-electron chi connectivity index (χ3n) is 3.08. The van der Waals surface area contributed by atoms with Crippen molar-refractivity contribution in [3.8, 4) is 0 Å². The van der Waals surface area contributed by atoms with Gasteiger partial charge in [0.15, 0.2) is 0 Å². The quantitative estimate of drug-likeness (QED) is 0.837. The minimum absolute atomic E-state index is 0.0254. The van der Waals surface area contributed by atoms with Crippen LogP contribution in [0.1, 0.15) is 41.0 Å². The second-order valence-corrected chi connectivity index (χ2v) is 6.68. The van der Waals surface area contributed by atoms with E-state index in [-0.39, 0.29) is 17.4 Å². The Kier molecular flexibility index (Phi) is 4.96. The Morgan fingerprint density at radius 3 is 2.47 bits per heavy atom. The van der Waals surface area contributed by atoms with E-state index in [2.05, 4.69) is 5.32 Å². The highest BCUT2D eigenvalue weighted by Crippen LogP contribution is 2.17. The lowest BCUT2D eigenvalue weighted by molar-refractivity contribution is -0.145. The first-order valence-electron chi connectivity index (χ1n) is 6.82. The summed E-state index contributed by atoms with van der Waals surface area (Å²) >= 11 is 0. The minimum Gasteiger partial charge on any atom is -0.372 e. The summed E-state index contributed by atoms with van der Waals surface area (Å²) in [5.41, 5.74) is -0.688. The van der Waals surface area contributed by atoms with Crippen LogP contribution in [0, 0.1) is 5.41 Å². The van der Waals surface area contributed by atoms with E-state index < -0.39 is 5.41 Å². The Morgan fingerprint density at radius 1 is 1.32 bits per heavy atom. The van der Waals surface area contributed by atoms with Crippen LogP contribution in [0.3, 0.4) is 0 Å². The van der Waals surface area contributed by atoms with E-state index in [1.807, 2.05) is 39.5 Å². The van der Waals surface area contributed by atoms with Gasteiger partial charge in [0.05, 0.1) is 12.2 Å². The fourth-order valence-corrected chi connectivity index (χ4v) is 1.94. The third kappa shape index (κ3) is 5.19. The van der Waals surface area contributed by atoms with Gasteiger partial charge >= 0.3 is 0 Å². The molecule has 5 heteroatoms. The second kappa shape index (κ2) is 5.90. The van der Waals surface area contributed by atoms with Crippen molar-refractivity contribution in [2.75, 3.05) is 26.2 Å². The molecule has 1 saturated heterocycles. The van der Waals surface area contributed by atoms with Crippen molar-refractivity contribution in [2.45, 2.75) is 46.6 Å². The molecule has 0 bridgehead atoms. The lowest BCUT2D eigenvalue weighted by atomic mass is 9.96. The van der Waals surface area contributed by atoms with Gasteiger partial charge in [0, 0.05) is 31.5 Å². The number of ether oxygens (including phenoxy) is 1. The first-order chi connectivity index (χ1) is 8.62. The average Bonchev–Trinajstić information content (AvgIpc) is 2.26. The van der Waals surface area contributed by atoms with Gasteiger partial charge in [-0.2, -0.15) is 0 Å². The maximum absolute atomic E-state index is 12.0. The molecule has 0 spiro atoms. The third-order valence-corrected chi connectivity index (χ3v) is 3.08. The average molecular weight is 270 g/mol. The van der Waals surface area contributed by atoms with Crippen molar-refractivity contribution in [2.24, 2.45) is 5.41 Å². The summed E-state index contributed by atoms with van der Waals surface area (Å²) in [6, 6.07) is 0. The molecular weight excluding hydrogens is 244 g/mol. The first kappa shape index (κ1) is 16.0. The summed E-state index contributed by atoms with van der Waals surface area (Å²) in [7, 11) is 0. The van der Waals surface area contributed by atoms with Crippen LogP contribution in [0.5, 0.6) is 0 Å². The molecule has 1 rings (SSSR count). The van der Waals surface area contributed by atoms with Gasteiger partial charge in [-0.05, 0) is 13.8 Å². The fourth-order valence-electron chi connectivity index (χ4n) is 1.94. The second-order valence-electron chi connectivity index (χ2n) is 6.68. The van der Waals surface area contributed by atoms with Crippen LogP contribution in [0.15, 0.2) is 0 Å². The molecule has 0 aromatic rings. The van der Waals surface area contributed by atoms with Crippen molar-refractivity contribution in [3.63, 3.8) is 0 Å². The summed E-state index contributed by atoms with van der Waals surface area (Å²) in [6.07, 6.45) is 0.345. The van der Waals surface area contributed by atoms with Crippen molar-refractivity contribution >= 4 is 11.8 Å². The summed E-state index contributed by atoms with van der Waals surface area (Å²) in [6.45, 7) is 11.7. The van der Waals surface area contributed by atoms with Crippen LogP contribution in [-0.2, 0) is 14.3 Å². The number of carbonyl (C=O) groups excluding carboxylic acids is 2. The van der Waals surface area contributed by atoms with E-state index in [4.69, 9.17) is 4.74 Å². The number of hydrogen-bond donors (Lipinski definition) is 1. The first-order valence-corrected chi connectivity index (χ1v) is 6.82. The van der Waals surface area contributed by atoms with Crippen molar-refractivity contribution in [3.05, 3.63) is 0 Å². The highest BCUT2D eigenvalue weighted by Gasteiger charge is 2.29. The molecule has 0 radical (unpaired) electrons. The number of hydrogen-bond acceptors (Lipinski definition) is 3. The van der Waals surface area contributed by atoms with Crippen LogP contribution in [0.25, 0.3) is 0 Å². The van der Waals surface area contributed by atoms with Gasteiger partial charge in [0.25, 0.3) is 0 Å². The predicted octanol–water partition coefficient (Wildman–Crippen LogP) is 1.18. The number of amides is 2. The van der Waals surface area contributed by atoms with Crippen molar-refractivity contribution in [1.29, 1.82) is 0 Å². The zero-order valence-electron chi connectivity index (χ0n) is 12.7. The highest BCUT2D eigenvalue weighted by molar-refractivity contribution is 5.82. The van der Waals surface area contributed by atoms with E-state index in [0.29, 0.717) is 32.7 Å². The van der Waals surface area contributed by atoms with E-state index in [9.17, 15) is 9.59 Å². The summed E-state index contributed by atoms with van der Waals surface area (Å²) in [4.78, 5) is 25.5. The maximum Gasteiger partial charge on any atom is 0.225 e. The van der Waals surface area contributed by atoms with E-state index in [1.165, 1.54) is 0 Å². The Morgan fingerprint density at radius 2 is 1.95 bits per heavy atom. The van der Waals surface area contributed by atoms with Gasteiger partial charge in [-0.1, -0.05) is 20.8 Å². The molecule has 0 aromatic carbocycles. The van der Waals surface area contributed by atoms with Crippen molar-refractivity contribution < 1.29 is 14.3 Å². The standard InChI is InChI=1S/C14H26N2O3/c1-13(2,3)12(18)15-7-6-11(17)16-8-9-19-14(4,5)10-16/h6-10H2,1-5H3,(H,15,18). The Balaban J connectivity index is 2.34. The molecule has 0 saturated carbocycles. The maximum atomic E-state index is 12.0. The van der Waals surface area contributed by atoms with Crippen LogP contribution < -0.4 is 5.32 Å². The lowest BCUT2D eigenvalue weighted by Gasteiger charge is -2.38. The SMILES string of the molecule is CC1(C)CN(C(=O)CCNC(=O)C(C)(C)C)CCO1. The number of nitrogens with zero attached hydrogens (tertiary/aromatic N) is 1. The topological polar surface area (TPSA) is 58.6 Å². The molecule has 0 aliphatic carbocycles. The number of morpholine rings is 1. The molecule has 5 nitrogen and oxygen atoms in total. The summed E-state index contributed by atoms with van der Waals surface area (Å²) < 4.78 is 5.57. The Labute approximate surface area is 115 Å². The lowest BCUT2D eigenvalue weighted by Crippen LogP contribution is -2.51. The van der Waals surface area contributed by atoms with Crippen LogP contribution in [0.2, 0.25) is 0 Å². The van der Waals surface area contributed by atoms with Gasteiger partial charge in [0.1, 0.15) is 0 Å². The van der Waals surface area contributed by atoms with Crippen LogP contribution in [-0.4, -0.2) is 48.6 Å². The van der Waals surface area contributed by atoms with Gasteiger partial charge in [-0.25, -0.2) is 0 Å². The normalized spacial score (nSPS) is 19.1. The molecular formula is C14H26N2O3. The highest BCUT2D eigenvalue weighted by atomic mass is 16.5. The van der Waals surface area contributed by atoms with Gasteiger partial charge in [-0.15, -0.1) is 0 Å². The Hall–Kier alpha value is -1.10. The number of rotatable bonds is 3.